The zero-order chi connectivity index (χ0) is 12.7. The molecular weight excluding hydrogens is 246 g/mol. The maximum atomic E-state index is 4.25. The Kier molecular flexibility index (Phi) is 2.52. The van der Waals surface area contributed by atoms with Crippen molar-refractivity contribution in [1.29, 1.82) is 0 Å². The third-order valence-corrected chi connectivity index (χ3v) is 3.76. The molecule has 5 nitrogen and oxygen atoms in total. The highest BCUT2D eigenvalue weighted by Gasteiger charge is 2.12. The Morgan fingerprint density at radius 1 is 0.889 bits per heavy atom. The highest BCUT2D eigenvalue weighted by atomic mass is 32.1. The molecule has 3 heterocycles. The lowest BCUT2D eigenvalue weighted by Crippen LogP contribution is -1.97. The van der Waals surface area contributed by atoms with Crippen LogP contribution in [0.25, 0.3) is 10.3 Å². The summed E-state index contributed by atoms with van der Waals surface area (Å²) >= 11 is 1.53. The van der Waals surface area contributed by atoms with Crippen molar-refractivity contribution in [2.45, 2.75) is 20.8 Å². The Hall–Kier alpha value is -1.95. The number of hydrogen-bond donors (Lipinski definition) is 0. The number of aromatic nitrogens is 5. The first kappa shape index (κ1) is 11.2. The van der Waals surface area contributed by atoms with Gasteiger partial charge in [0.05, 0.1) is 0 Å². The molecule has 18 heavy (non-hydrogen) atoms. The quantitative estimate of drug-likeness (QED) is 0.710. The molecule has 6 heteroatoms. The SMILES string of the molecule is Cc1ccnn1-c1nnc(-n2c(C)ccc2C)s1. The predicted octanol–water partition coefficient (Wildman–Crippen LogP) is 2.44. The molecule has 0 aliphatic rings. The molecule has 0 aliphatic carbocycles. The average molecular weight is 259 g/mol. The van der Waals surface area contributed by atoms with Gasteiger partial charge in [-0.3, -0.25) is 4.57 Å². The van der Waals surface area contributed by atoms with E-state index in [1.807, 2.05) is 13.0 Å². The van der Waals surface area contributed by atoms with E-state index in [9.17, 15) is 0 Å². The molecule has 92 valence electrons. The van der Waals surface area contributed by atoms with Crippen molar-refractivity contribution in [2.24, 2.45) is 0 Å². The fraction of sp³-hybridized carbons (Fsp3) is 0.250. The average Bonchev–Trinajstić information content (AvgIpc) is 3.00. The molecule has 0 N–H and O–H groups in total. The second-order valence-corrected chi connectivity index (χ2v) is 5.14. The molecule has 0 unspecified atom stereocenters. The Balaban J connectivity index is 2.08. The number of rotatable bonds is 2. The van der Waals surface area contributed by atoms with Crippen LogP contribution in [0.2, 0.25) is 0 Å². The van der Waals surface area contributed by atoms with Gasteiger partial charge >= 0.3 is 0 Å². The van der Waals surface area contributed by atoms with Gasteiger partial charge in [-0.25, -0.2) is 4.68 Å². The first-order valence-electron chi connectivity index (χ1n) is 5.66. The maximum absolute atomic E-state index is 4.25. The molecule has 0 saturated heterocycles. The van der Waals surface area contributed by atoms with Crippen molar-refractivity contribution in [3.05, 3.63) is 41.5 Å². The van der Waals surface area contributed by atoms with E-state index in [4.69, 9.17) is 0 Å². The van der Waals surface area contributed by atoms with Gasteiger partial charge in [-0.05, 0) is 39.0 Å². The molecule has 0 aromatic carbocycles. The molecule has 3 aromatic rings. The molecule has 0 aliphatic heterocycles. The highest BCUT2D eigenvalue weighted by molar-refractivity contribution is 7.16. The summed E-state index contributed by atoms with van der Waals surface area (Å²) < 4.78 is 3.90. The zero-order valence-corrected chi connectivity index (χ0v) is 11.3. The van der Waals surface area contributed by atoms with Crippen LogP contribution in [0.15, 0.2) is 24.4 Å². The number of nitrogens with zero attached hydrogens (tertiary/aromatic N) is 5. The van der Waals surface area contributed by atoms with E-state index in [-0.39, 0.29) is 0 Å². The van der Waals surface area contributed by atoms with Crippen LogP contribution in [-0.4, -0.2) is 24.5 Å². The third-order valence-electron chi connectivity index (χ3n) is 2.88. The van der Waals surface area contributed by atoms with Gasteiger partial charge in [0.2, 0.25) is 10.3 Å². The molecule has 0 amide bonds. The lowest BCUT2D eigenvalue weighted by atomic mass is 10.5. The van der Waals surface area contributed by atoms with E-state index < -0.39 is 0 Å². The molecule has 3 rings (SSSR count). The fourth-order valence-electron chi connectivity index (χ4n) is 1.92. The van der Waals surface area contributed by atoms with Crippen LogP contribution in [-0.2, 0) is 0 Å². The second kappa shape index (κ2) is 4.06. The van der Waals surface area contributed by atoms with Crippen molar-refractivity contribution < 1.29 is 0 Å². The molecular formula is C12H13N5S. The monoisotopic (exact) mass is 259 g/mol. The summed E-state index contributed by atoms with van der Waals surface area (Å²) in [5.41, 5.74) is 3.37. The largest absolute Gasteiger partial charge is 0.293 e. The van der Waals surface area contributed by atoms with Crippen LogP contribution in [0.1, 0.15) is 17.1 Å². The first-order chi connectivity index (χ1) is 8.66. The Morgan fingerprint density at radius 2 is 1.56 bits per heavy atom. The van der Waals surface area contributed by atoms with Crippen LogP contribution in [0.3, 0.4) is 0 Å². The van der Waals surface area contributed by atoms with Crippen molar-refractivity contribution in [3.63, 3.8) is 0 Å². The van der Waals surface area contributed by atoms with E-state index in [1.54, 1.807) is 10.9 Å². The second-order valence-electron chi connectivity index (χ2n) is 4.20. The molecule has 0 bridgehead atoms. The lowest BCUT2D eigenvalue weighted by Gasteiger charge is -2.02. The Labute approximate surface area is 109 Å². The minimum absolute atomic E-state index is 0.792. The van der Waals surface area contributed by atoms with Gasteiger partial charge in [0, 0.05) is 23.3 Å². The van der Waals surface area contributed by atoms with Crippen molar-refractivity contribution in [1.82, 2.24) is 24.5 Å². The zero-order valence-electron chi connectivity index (χ0n) is 10.5. The minimum Gasteiger partial charge on any atom is -0.293 e. The summed E-state index contributed by atoms with van der Waals surface area (Å²) in [7, 11) is 0. The van der Waals surface area contributed by atoms with E-state index in [1.165, 1.54) is 11.3 Å². The van der Waals surface area contributed by atoms with Gasteiger partial charge in [0.1, 0.15) is 0 Å². The van der Waals surface area contributed by atoms with Gasteiger partial charge in [0.25, 0.3) is 0 Å². The summed E-state index contributed by atoms with van der Waals surface area (Å²) in [6.45, 7) is 6.13. The smallest absolute Gasteiger partial charge is 0.234 e. The number of aryl methyl sites for hydroxylation is 3. The molecule has 3 aromatic heterocycles. The van der Waals surface area contributed by atoms with E-state index in [0.717, 1.165) is 27.3 Å². The molecule has 0 spiro atoms. The van der Waals surface area contributed by atoms with E-state index in [2.05, 4.69) is 45.8 Å². The topological polar surface area (TPSA) is 48.5 Å². The fourth-order valence-corrected chi connectivity index (χ4v) is 2.91. The Bertz CT molecular complexity index is 671. The van der Waals surface area contributed by atoms with Crippen LogP contribution in [0.4, 0.5) is 0 Å². The van der Waals surface area contributed by atoms with Crippen molar-refractivity contribution in [3.8, 4) is 10.3 Å². The highest BCUT2D eigenvalue weighted by Crippen LogP contribution is 2.22. The van der Waals surface area contributed by atoms with E-state index in [0.29, 0.717) is 0 Å². The standard InChI is InChI=1S/C12H13N5S/c1-8-4-5-9(2)16(8)11-14-15-12(18-11)17-10(3)6-7-13-17/h4-7H,1-3H3. The first-order valence-corrected chi connectivity index (χ1v) is 6.48. The summed E-state index contributed by atoms with van der Waals surface area (Å²) in [6, 6.07) is 6.11. The predicted molar refractivity (Wildman–Crippen MR) is 70.6 cm³/mol. The van der Waals surface area contributed by atoms with E-state index >= 15 is 0 Å². The van der Waals surface area contributed by atoms with Gasteiger partial charge in [0.15, 0.2) is 0 Å². The maximum Gasteiger partial charge on any atom is 0.234 e. The van der Waals surface area contributed by atoms with Crippen LogP contribution < -0.4 is 0 Å². The normalized spacial score (nSPS) is 11.1. The van der Waals surface area contributed by atoms with Crippen molar-refractivity contribution in [2.75, 3.05) is 0 Å². The van der Waals surface area contributed by atoms with Crippen LogP contribution in [0, 0.1) is 20.8 Å². The van der Waals surface area contributed by atoms with Crippen LogP contribution in [0.5, 0.6) is 0 Å². The summed E-state index contributed by atoms with van der Waals surface area (Å²) in [5.74, 6) is 0. The number of hydrogen-bond acceptors (Lipinski definition) is 4. The summed E-state index contributed by atoms with van der Waals surface area (Å²) in [5, 5.41) is 14.4. The third kappa shape index (κ3) is 1.65. The van der Waals surface area contributed by atoms with Gasteiger partial charge in [-0.15, -0.1) is 10.2 Å². The van der Waals surface area contributed by atoms with Gasteiger partial charge < -0.3 is 0 Å². The molecule has 0 atom stereocenters. The molecule has 0 fully saturated rings. The van der Waals surface area contributed by atoms with Gasteiger partial charge in [-0.2, -0.15) is 5.10 Å². The summed E-state index contributed by atoms with van der Waals surface area (Å²) in [4.78, 5) is 0. The summed E-state index contributed by atoms with van der Waals surface area (Å²) in [6.07, 6.45) is 1.77. The Morgan fingerprint density at radius 3 is 2.17 bits per heavy atom. The lowest BCUT2D eigenvalue weighted by molar-refractivity contribution is 0.813. The minimum atomic E-state index is 0.792. The molecule has 0 radical (unpaired) electrons. The van der Waals surface area contributed by atoms with Crippen LogP contribution >= 0.6 is 11.3 Å². The van der Waals surface area contributed by atoms with Gasteiger partial charge in [-0.1, -0.05) is 11.3 Å². The molecule has 0 saturated carbocycles. The van der Waals surface area contributed by atoms with Crippen molar-refractivity contribution >= 4 is 11.3 Å².